The summed E-state index contributed by atoms with van der Waals surface area (Å²) in [6, 6.07) is 7.67. The van der Waals surface area contributed by atoms with Crippen molar-refractivity contribution >= 4 is 17.7 Å². The molecule has 0 saturated carbocycles. The molecule has 1 heterocycles. The second-order valence-corrected chi connectivity index (χ2v) is 6.78. The van der Waals surface area contributed by atoms with Crippen molar-refractivity contribution in [2.75, 3.05) is 6.61 Å². The summed E-state index contributed by atoms with van der Waals surface area (Å²) < 4.78 is 10.3. The van der Waals surface area contributed by atoms with Crippen LogP contribution in [0.3, 0.4) is 0 Å². The standard InChI is InChI=1S/C19H26N2O6/c1-11(2)26-9-8-14(21-18(23)16-17(27-16)19(24)25)15(22)13(20)10-12-6-4-3-5-7-12/h3-7,11,13-14,16-17H,8-10,20H2,1-2H3,(H,21,23)(H,24,25)/t13-,14?,16-,17-/m0/s1. The van der Waals surface area contributed by atoms with Crippen LogP contribution in [0, 0.1) is 0 Å². The van der Waals surface area contributed by atoms with E-state index in [1.807, 2.05) is 44.2 Å². The van der Waals surface area contributed by atoms with Crippen LogP contribution in [0.1, 0.15) is 25.8 Å². The van der Waals surface area contributed by atoms with Crippen molar-refractivity contribution in [2.45, 2.75) is 57.1 Å². The Morgan fingerprint density at radius 1 is 1.22 bits per heavy atom. The molecule has 27 heavy (non-hydrogen) atoms. The number of carbonyl (C=O) groups is 3. The van der Waals surface area contributed by atoms with Crippen molar-refractivity contribution < 1.29 is 29.0 Å². The van der Waals surface area contributed by atoms with Gasteiger partial charge in [0.05, 0.1) is 18.2 Å². The van der Waals surface area contributed by atoms with E-state index in [1.54, 1.807) is 0 Å². The normalized spacial score (nSPS) is 20.7. The molecule has 1 saturated heterocycles. The quantitative estimate of drug-likeness (QED) is 0.471. The zero-order valence-corrected chi connectivity index (χ0v) is 15.5. The second kappa shape index (κ2) is 9.59. The summed E-state index contributed by atoms with van der Waals surface area (Å²) in [5.74, 6) is -2.16. The van der Waals surface area contributed by atoms with Crippen molar-refractivity contribution in [3.05, 3.63) is 35.9 Å². The number of carbonyl (C=O) groups excluding carboxylic acids is 2. The number of ether oxygens (including phenoxy) is 2. The van der Waals surface area contributed by atoms with Crippen LogP contribution >= 0.6 is 0 Å². The Hall–Kier alpha value is -2.29. The first-order valence-corrected chi connectivity index (χ1v) is 8.93. The van der Waals surface area contributed by atoms with Gasteiger partial charge in [0.2, 0.25) is 0 Å². The minimum absolute atomic E-state index is 0.0161. The molecular weight excluding hydrogens is 352 g/mol. The first-order valence-electron chi connectivity index (χ1n) is 8.93. The number of carboxylic acids is 1. The SMILES string of the molecule is CC(C)OCCC(NC(=O)[C@H]1O[C@@H]1C(=O)O)C(=O)[C@@H](N)Cc1ccccc1. The number of benzene rings is 1. The van der Waals surface area contributed by atoms with Crippen LogP contribution in [0.2, 0.25) is 0 Å². The maximum absolute atomic E-state index is 12.8. The molecule has 0 spiro atoms. The van der Waals surface area contributed by atoms with E-state index in [9.17, 15) is 14.4 Å². The zero-order chi connectivity index (χ0) is 20.0. The van der Waals surface area contributed by atoms with Gasteiger partial charge in [0, 0.05) is 6.61 Å². The Morgan fingerprint density at radius 3 is 2.44 bits per heavy atom. The van der Waals surface area contributed by atoms with Gasteiger partial charge in [0.1, 0.15) is 0 Å². The van der Waals surface area contributed by atoms with E-state index in [0.717, 1.165) is 5.56 Å². The number of amides is 1. The molecule has 1 aliphatic heterocycles. The average Bonchev–Trinajstić information content (AvgIpc) is 3.42. The molecule has 0 aliphatic carbocycles. The molecule has 8 heteroatoms. The number of carboxylic acid groups (broad SMARTS) is 1. The Bertz CT molecular complexity index is 663. The number of hydrogen-bond donors (Lipinski definition) is 3. The summed E-state index contributed by atoms with van der Waals surface area (Å²) >= 11 is 0. The highest BCUT2D eigenvalue weighted by molar-refractivity contribution is 5.97. The predicted molar refractivity (Wildman–Crippen MR) is 97.1 cm³/mol. The first-order chi connectivity index (χ1) is 12.8. The van der Waals surface area contributed by atoms with Crippen LogP contribution in [0.5, 0.6) is 0 Å². The summed E-state index contributed by atoms with van der Waals surface area (Å²) in [5.41, 5.74) is 6.97. The summed E-state index contributed by atoms with van der Waals surface area (Å²) in [4.78, 5) is 35.8. The third-order valence-corrected chi connectivity index (χ3v) is 4.17. The van der Waals surface area contributed by atoms with Crippen molar-refractivity contribution in [3.8, 4) is 0 Å². The summed E-state index contributed by atoms with van der Waals surface area (Å²) in [7, 11) is 0. The summed E-state index contributed by atoms with van der Waals surface area (Å²) in [6.45, 7) is 4.00. The maximum atomic E-state index is 12.8. The molecule has 1 amide bonds. The molecule has 148 valence electrons. The lowest BCUT2D eigenvalue weighted by Gasteiger charge is -2.21. The van der Waals surface area contributed by atoms with Crippen molar-refractivity contribution in [3.63, 3.8) is 0 Å². The number of nitrogens with two attached hydrogens (primary N) is 1. The summed E-state index contributed by atoms with van der Waals surface area (Å²) in [5, 5.41) is 11.4. The van der Waals surface area contributed by atoms with Gasteiger partial charge in [-0.15, -0.1) is 0 Å². The molecule has 1 aliphatic rings. The molecule has 1 aromatic carbocycles. The van der Waals surface area contributed by atoms with E-state index in [2.05, 4.69) is 5.32 Å². The van der Waals surface area contributed by atoms with Gasteiger partial charge in [0.25, 0.3) is 5.91 Å². The molecule has 1 unspecified atom stereocenters. The Balaban J connectivity index is 1.98. The predicted octanol–water partition coefficient (Wildman–Crippen LogP) is 0.277. The van der Waals surface area contributed by atoms with E-state index in [4.69, 9.17) is 20.3 Å². The molecule has 0 bridgehead atoms. The Labute approximate surface area is 158 Å². The molecule has 0 aromatic heterocycles. The fraction of sp³-hybridized carbons (Fsp3) is 0.526. The number of hydrogen-bond acceptors (Lipinski definition) is 6. The second-order valence-electron chi connectivity index (χ2n) is 6.78. The van der Waals surface area contributed by atoms with Gasteiger partial charge < -0.3 is 25.6 Å². The number of Topliss-reactive ketones (excluding diaryl/α,β-unsaturated/α-hetero) is 1. The molecule has 4 N–H and O–H groups in total. The Morgan fingerprint density at radius 2 is 1.89 bits per heavy atom. The smallest absolute Gasteiger partial charge is 0.336 e. The number of aliphatic carboxylic acids is 1. The Kier molecular flexibility index (Phi) is 7.46. The molecule has 4 atom stereocenters. The van der Waals surface area contributed by atoms with Gasteiger partial charge >= 0.3 is 5.97 Å². The van der Waals surface area contributed by atoms with Crippen LogP contribution in [-0.2, 0) is 30.3 Å². The number of ketones is 1. The van der Waals surface area contributed by atoms with Crippen LogP contribution in [0.4, 0.5) is 0 Å². The number of epoxide rings is 1. The van der Waals surface area contributed by atoms with Gasteiger partial charge in [-0.2, -0.15) is 0 Å². The van der Waals surface area contributed by atoms with E-state index in [-0.39, 0.29) is 24.9 Å². The van der Waals surface area contributed by atoms with Crippen molar-refractivity contribution in [2.24, 2.45) is 5.73 Å². The minimum Gasteiger partial charge on any atom is -0.479 e. The topological polar surface area (TPSA) is 131 Å². The van der Waals surface area contributed by atoms with Gasteiger partial charge in [-0.05, 0) is 32.3 Å². The molecule has 8 nitrogen and oxygen atoms in total. The third kappa shape index (κ3) is 6.42. The van der Waals surface area contributed by atoms with Crippen molar-refractivity contribution in [1.82, 2.24) is 5.32 Å². The largest absolute Gasteiger partial charge is 0.479 e. The highest BCUT2D eigenvalue weighted by Crippen LogP contribution is 2.22. The number of nitrogens with one attached hydrogen (secondary N) is 1. The lowest BCUT2D eigenvalue weighted by atomic mass is 9.97. The highest BCUT2D eigenvalue weighted by atomic mass is 16.6. The van der Waals surface area contributed by atoms with Crippen LogP contribution in [-0.4, -0.2) is 59.8 Å². The van der Waals surface area contributed by atoms with Crippen LogP contribution in [0.15, 0.2) is 30.3 Å². The molecule has 1 aromatic rings. The average molecular weight is 378 g/mol. The fourth-order valence-corrected chi connectivity index (χ4v) is 2.69. The minimum atomic E-state index is -1.21. The molecule has 1 fully saturated rings. The van der Waals surface area contributed by atoms with Crippen molar-refractivity contribution in [1.29, 1.82) is 0 Å². The van der Waals surface area contributed by atoms with Gasteiger partial charge in [-0.1, -0.05) is 30.3 Å². The van der Waals surface area contributed by atoms with Crippen LogP contribution < -0.4 is 11.1 Å². The van der Waals surface area contributed by atoms with Gasteiger partial charge in [0.15, 0.2) is 18.0 Å². The molecule has 0 radical (unpaired) electrons. The lowest BCUT2D eigenvalue weighted by molar-refractivity contribution is -0.138. The van der Waals surface area contributed by atoms with E-state index in [1.165, 1.54) is 0 Å². The highest BCUT2D eigenvalue weighted by Gasteiger charge is 2.51. The third-order valence-electron chi connectivity index (χ3n) is 4.17. The van der Waals surface area contributed by atoms with Crippen LogP contribution in [0.25, 0.3) is 0 Å². The van der Waals surface area contributed by atoms with Gasteiger partial charge in [-0.25, -0.2) is 4.79 Å². The fourth-order valence-electron chi connectivity index (χ4n) is 2.69. The monoisotopic (exact) mass is 378 g/mol. The zero-order valence-electron chi connectivity index (χ0n) is 15.5. The first kappa shape index (κ1) is 21.0. The molecular formula is C19H26N2O6. The van der Waals surface area contributed by atoms with E-state index >= 15 is 0 Å². The molecule has 2 rings (SSSR count). The van der Waals surface area contributed by atoms with E-state index < -0.39 is 36.2 Å². The maximum Gasteiger partial charge on any atom is 0.336 e. The summed E-state index contributed by atoms with van der Waals surface area (Å²) in [6.07, 6.45) is -1.66. The van der Waals surface area contributed by atoms with E-state index in [0.29, 0.717) is 6.42 Å². The lowest BCUT2D eigenvalue weighted by Crippen LogP contribution is -2.50. The number of rotatable bonds is 11. The van der Waals surface area contributed by atoms with Gasteiger partial charge in [-0.3, -0.25) is 9.59 Å².